The third-order valence-electron chi connectivity index (χ3n) is 2.90. The zero-order valence-electron chi connectivity index (χ0n) is 10.2. The van der Waals surface area contributed by atoms with E-state index in [9.17, 15) is 9.18 Å². The molecule has 3 nitrogen and oxygen atoms in total. The summed E-state index contributed by atoms with van der Waals surface area (Å²) in [5.74, 6) is 1.75. The number of hydrogen-bond donors (Lipinski definition) is 1. The Labute approximate surface area is 110 Å². The van der Waals surface area contributed by atoms with Crippen LogP contribution in [0.1, 0.15) is 5.56 Å². The van der Waals surface area contributed by atoms with Gasteiger partial charge in [-0.1, -0.05) is 6.07 Å². The Morgan fingerprint density at radius 2 is 2.44 bits per heavy atom. The van der Waals surface area contributed by atoms with E-state index in [2.05, 4.69) is 5.32 Å². The number of nitrogens with one attached hydrogen (secondary N) is 1. The lowest BCUT2D eigenvalue weighted by Crippen LogP contribution is -2.44. The predicted molar refractivity (Wildman–Crippen MR) is 70.8 cm³/mol. The van der Waals surface area contributed by atoms with Crippen LogP contribution in [-0.2, 0) is 11.2 Å². The summed E-state index contributed by atoms with van der Waals surface area (Å²) in [6.07, 6.45) is 0.263. The fraction of sp³-hybridized carbons (Fsp3) is 0.462. The summed E-state index contributed by atoms with van der Waals surface area (Å²) < 4.78 is 18.3. The second kappa shape index (κ2) is 6.20. The molecule has 5 heteroatoms. The van der Waals surface area contributed by atoms with E-state index in [-0.39, 0.29) is 24.0 Å². The van der Waals surface area contributed by atoms with Gasteiger partial charge in [0.05, 0.1) is 13.2 Å². The van der Waals surface area contributed by atoms with Crippen molar-refractivity contribution in [2.75, 3.05) is 25.2 Å². The summed E-state index contributed by atoms with van der Waals surface area (Å²) >= 11 is 1.77. The summed E-state index contributed by atoms with van der Waals surface area (Å²) in [5.41, 5.74) is 0.690. The third kappa shape index (κ3) is 3.23. The molecule has 1 fully saturated rings. The van der Waals surface area contributed by atoms with Gasteiger partial charge in [-0.05, 0) is 17.7 Å². The van der Waals surface area contributed by atoms with Gasteiger partial charge in [0, 0.05) is 24.5 Å². The van der Waals surface area contributed by atoms with Crippen molar-refractivity contribution < 1.29 is 13.9 Å². The molecule has 98 valence electrons. The third-order valence-corrected chi connectivity index (χ3v) is 3.97. The molecule has 0 amide bonds. The summed E-state index contributed by atoms with van der Waals surface area (Å²) in [6, 6.07) is 4.55. The maximum absolute atomic E-state index is 13.5. The first-order valence-electron chi connectivity index (χ1n) is 5.87. The molecular formula is C13H16FNO2S. The molecule has 0 saturated carbocycles. The van der Waals surface area contributed by atoms with Crippen LogP contribution in [0.3, 0.4) is 0 Å². The molecule has 0 aromatic heterocycles. The summed E-state index contributed by atoms with van der Waals surface area (Å²) in [4.78, 5) is 12.0. The van der Waals surface area contributed by atoms with Crippen molar-refractivity contribution in [1.82, 2.24) is 5.32 Å². The Balaban J connectivity index is 2.00. The smallest absolute Gasteiger partial charge is 0.165 e. The number of thioether (sulfide) groups is 1. The van der Waals surface area contributed by atoms with Crippen molar-refractivity contribution in [2.45, 2.75) is 12.5 Å². The highest BCUT2D eigenvalue weighted by Crippen LogP contribution is 2.19. The fourth-order valence-electron chi connectivity index (χ4n) is 1.92. The Hall–Kier alpha value is -1.07. The lowest BCUT2D eigenvalue weighted by molar-refractivity contribution is -0.119. The number of carbonyl (C=O) groups is 1. The number of methoxy groups -OCH3 is 1. The number of ketones is 1. The summed E-state index contributed by atoms with van der Waals surface area (Å²) in [7, 11) is 1.42. The first-order valence-corrected chi connectivity index (χ1v) is 7.02. The van der Waals surface area contributed by atoms with E-state index >= 15 is 0 Å². The van der Waals surface area contributed by atoms with Gasteiger partial charge in [-0.2, -0.15) is 11.8 Å². The van der Waals surface area contributed by atoms with Crippen LogP contribution >= 0.6 is 11.8 Å². The number of ether oxygens (including phenoxy) is 1. The maximum Gasteiger partial charge on any atom is 0.165 e. The molecule has 0 bridgehead atoms. The number of rotatable bonds is 4. The highest BCUT2D eigenvalue weighted by atomic mass is 32.2. The average Bonchev–Trinajstić information content (AvgIpc) is 2.40. The Bertz CT molecular complexity index is 433. The van der Waals surface area contributed by atoms with Gasteiger partial charge in [-0.3, -0.25) is 4.79 Å². The van der Waals surface area contributed by atoms with Gasteiger partial charge in [0.2, 0.25) is 0 Å². The minimum absolute atomic E-state index is 0.103. The highest BCUT2D eigenvalue weighted by molar-refractivity contribution is 7.99. The van der Waals surface area contributed by atoms with Crippen molar-refractivity contribution in [3.8, 4) is 5.75 Å². The molecule has 2 rings (SSSR count). The summed E-state index contributed by atoms with van der Waals surface area (Å²) in [6.45, 7) is 0.859. The number of Topliss-reactive ketones (excluding diaryl/α,β-unsaturated/α-hetero) is 1. The van der Waals surface area contributed by atoms with Crippen molar-refractivity contribution >= 4 is 17.5 Å². The van der Waals surface area contributed by atoms with Gasteiger partial charge < -0.3 is 10.1 Å². The first-order chi connectivity index (χ1) is 8.70. The van der Waals surface area contributed by atoms with Gasteiger partial charge in [0.15, 0.2) is 17.3 Å². The van der Waals surface area contributed by atoms with Gasteiger partial charge in [-0.25, -0.2) is 4.39 Å². The molecule has 0 radical (unpaired) electrons. The minimum atomic E-state index is -0.422. The first kappa shape index (κ1) is 13.4. The Morgan fingerprint density at radius 3 is 3.06 bits per heavy atom. The maximum atomic E-state index is 13.5. The lowest BCUT2D eigenvalue weighted by Gasteiger charge is -2.21. The monoisotopic (exact) mass is 269 g/mol. The Morgan fingerprint density at radius 1 is 1.61 bits per heavy atom. The van der Waals surface area contributed by atoms with E-state index in [1.807, 2.05) is 0 Å². The lowest BCUT2D eigenvalue weighted by atomic mass is 10.0. The normalized spacial score (nSPS) is 19.6. The van der Waals surface area contributed by atoms with E-state index in [1.165, 1.54) is 13.2 Å². The zero-order chi connectivity index (χ0) is 13.0. The molecule has 1 aromatic carbocycles. The highest BCUT2D eigenvalue weighted by Gasteiger charge is 2.21. The van der Waals surface area contributed by atoms with E-state index in [0.717, 1.165) is 18.1 Å². The molecule has 1 unspecified atom stereocenters. The van der Waals surface area contributed by atoms with Crippen LogP contribution in [0.2, 0.25) is 0 Å². The summed E-state index contributed by atoms with van der Waals surface area (Å²) in [5, 5.41) is 3.19. The van der Waals surface area contributed by atoms with Crippen LogP contribution in [0.15, 0.2) is 18.2 Å². The molecule has 1 aliphatic rings. The number of carbonyl (C=O) groups excluding carboxylic acids is 1. The quantitative estimate of drug-likeness (QED) is 0.902. The molecule has 0 spiro atoms. The number of benzene rings is 1. The van der Waals surface area contributed by atoms with Crippen LogP contribution in [0.4, 0.5) is 4.39 Å². The van der Waals surface area contributed by atoms with Crippen molar-refractivity contribution in [2.24, 2.45) is 0 Å². The van der Waals surface area contributed by atoms with Crippen molar-refractivity contribution in [1.29, 1.82) is 0 Å². The van der Waals surface area contributed by atoms with Crippen LogP contribution in [0.25, 0.3) is 0 Å². The topological polar surface area (TPSA) is 38.3 Å². The molecule has 1 aromatic rings. The largest absolute Gasteiger partial charge is 0.494 e. The molecule has 18 heavy (non-hydrogen) atoms. The SMILES string of the molecule is COc1ccc(CC(=O)C2CSCCN2)cc1F. The standard InChI is InChI=1S/C13H16FNO2S/c1-17-13-3-2-9(6-10(13)14)7-12(16)11-8-18-5-4-15-11/h2-3,6,11,15H,4-5,7-8H2,1H3. The van der Waals surface area contributed by atoms with Crippen LogP contribution in [0.5, 0.6) is 5.75 Å². The second-order valence-corrected chi connectivity index (χ2v) is 5.34. The predicted octanol–water partition coefficient (Wildman–Crippen LogP) is 1.65. The molecule has 1 aliphatic heterocycles. The van der Waals surface area contributed by atoms with E-state index in [1.54, 1.807) is 23.9 Å². The molecule has 1 saturated heterocycles. The van der Waals surface area contributed by atoms with Crippen molar-refractivity contribution in [3.05, 3.63) is 29.6 Å². The fourth-order valence-corrected chi connectivity index (χ4v) is 2.88. The van der Waals surface area contributed by atoms with Gasteiger partial charge in [0.25, 0.3) is 0 Å². The molecule has 1 heterocycles. The van der Waals surface area contributed by atoms with Crippen LogP contribution < -0.4 is 10.1 Å². The molecule has 0 aliphatic carbocycles. The molecule has 1 atom stereocenters. The average molecular weight is 269 g/mol. The van der Waals surface area contributed by atoms with E-state index in [0.29, 0.717) is 5.56 Å². The van der Waals surface area contributed by atoms with E-state index < -0.39 is 5.82 Å². The van der Waals surface area contributed by atoms with Gasteiger partial charge >= 0.3 is 0 Å². The van der Waals surface area contributed by atoms with Gasteiger partial charge in [0.1, 0.15) is 0 Å². The number of halogens is 1. The van der Waals surface area contributed by atoms with Gasteiger partial charge in [-0.15, -0.1) is 0 Å². The molecular weight excluding hydrogens is 253 g/mol. The van der Waals surface area contributed by atoms with Crippen molar-refractivity contribution in [3.63, 3.8) is 0 Å². The molecule has 1 N–H and O–H groups in total. The number of hydrogen-bond acceptors (Lipinski definition) is 4. The second-order valence-electron chi connectivity index (χ2n) is 4.19. The van der Waals surface area contributed by atoms with E-state index in [4.69, 9.17) is 4.74 Å². The van der Waals surface area contributed by atoms with Crippen LogP contribution in [0, 0.1) is 5.82 Å². The Kier molecular flexibility index (Phi) is 4.60. The zero-order valence-corrected chi connectivity index (χ0v) is 11.1. The minimum Gasteiger partial charge on any atom is -0.494 e. The van der Waals surface area contributed by atoms with Crippen LogP contribution in [-0.4, -0.2) is 37.0 Å².